The van der Waals surface area contributed by atoms with Gasteiger partial charge < -0.3 is 69.0 Å². The summed E-state index contributed by atoms with van der Waals surface area (Å²) in [6, 6.07) is 27.0. The van der Waals surface area contributed by atoms with E-state index in [4.69, 9.17) is 61.1 Å². The average Bonchev–Trinajstić information content (AvgIpc) is 1.58. The molecule has 6 aromatic rings. The Morgan fingerprint density at radius 3 is 2.04 bits per heavy atom. The van der Waals surface area contributed by atoms with Gasteiger partial charge >= 0.3 is 0 Å². The summed E-state index contributed by atoms with van der Waals surface area (Å²) < 4.78 is 77.8. The van der Waals surface area contributed by atoms with Gasteiger partial charge in [0.05, 0.1) is 96.0 Å². The molecule has 0 aliphatic carbocycles. The van der Waals surface area contributed by atoms with Crippen LogP contribution in [-0.2, 0) is 45.2 Å². The second-order valence-corrected chi connectivity index (χ2v) is 25.5. The topological polar surface area (TPSA) is 233 Å². The van der Waals surface area contributed by atoms with Crippen LogP contribution in [0.15, 0.2) is 102 Å². The van der Waals surface area contributed by atoms with E-state index in [0.717, 1.165) is 59.1 Å². The first-order valence-corrected chi connectivity index (χ1v) is 32.9. The maximum Gasteiger partial charge on any atom is 0.253 e. The number of anilines is 2. The minimum absolute atomic E-state index is 0.0488. The molecule has 2 aliphatic heterocycles. The molecule has 4 atom stereocenters. The molecule has 0 unspecified atom stereocenters. The van der Waals surface area contributed by atoms with Crippen molar-refractivity contribution in [2.24, 2.45) is 5.41 Å². The van der Waals surface area contributed by atoms with Crippen molar-refractivity contribution < 1.29 is 61.1 Å². The van der Waals surface area contributed by atoms with Gasteiger partial charge in [-0.05, 0) is 147 Å². The number of hydrogen-bond donors (Lipinski definition) is 5. The normalized spacial score (nSPS) is 17.3. The Bertz CT molecular complexity index is 3690. The van der Waals surface area contributed by atoms with Crippen LogP contribution < -0.4 is 41.2 Å². The van der Waals surface area contributed by atoms with Gasteiger partial charge in [-0.1, -0.05) is 74.3 Å². The van der Waals surface area contributed by atoms with Crippen molar-refractivity contribution in [1.82, 2.24) is 20.9 Å². The lowest BCUT2D eigenvalue weighted by atomic mass is 9.62. The van der Waals surface area contributed by atoms with Crippen molar-refractivity contribution in [3.8, 4) is 28.7 Å². The lowest BCUT2D eigenvalue weighted by Gasteiger charge is -2.37. The largest absolute Gasteiger partial charge is 0.495 e. The summed E-state index contributed by atoms with van der Waals surface area (Å²) in [6.45, 7) is 19.9. The molecule has 23 heteroatoms. The van der Waals surface area contributed by atoms with Gasteiger partial charge in [-0.3, -0.25) is 19.2 Å². The Hall–Kier alpha value is -7.49. The standard InChI is InChI=1S/C72H87Cl2F2N7O12/c1-9-83(52-21-24-89-25-22-52)61-39-50(38-55(47(61)4)68(85)79-43-56-45(2)37-46(3)80-69(56)86)48-13-17-53(18-14-48)95-36-35-94-34-33-93-32-31-92-30-29-91-28-27-90-26-23-78-67(84)49-15-20-60(62(40-49)88-8)81-70(87)66-64(54-11-10-12-58(74)65(54)76)72(44-77,63(82-66)42-71(5,6)7)57-19-16-51(73)41-59(57)75/h10-20,37-41,52,63-64,66,82H,9,21-36,42-43H2,1-8H3,(H,78,84)(H,79,85)(H,80,86)(H,81,87)/t63-,64-,66+,72-/m0/s1. The molecule has 3 heterocycles. The number of carbonyl (C=O) groups excluding carboxylic acids is 3. The number of nitriles is 1. The fourth-order valence-corrected chi connectivity index (χ4v) is 12.7. The summed E-state index contributed by atoms with van der Waals surface area (Å²) in [6.07, 6.45) is 2.08. The van der Waals surface area contributed by atoms with Gasteiger partial charge in [-0.25, -0.2) is 8.78 Å². The van der Waals surface area contributed by atoms with Crippen molar-refractivity contribution in [2.45, 2.75) is 104 Å². The average molecular weight is 1350 g/mol. The molecule has 2 saturated heterocycles. The molecule has 0 radical (unpaired) electrons. The molecule has 3 amide bonds. The summed E-state index contributed by atoms with van der Waals surface area (Å²) >= 11 is 12.5. The first kappa shape index (κ1) is 73.3. The van der Waals surface area contributed by atoms with E-state index in [9.17, 15) is 24.4 Å². The predicted octanol–water partition coefficient (Wildman–Crippen LogP) is 11.3. The summed E-state index contributed by atoms with van der Waals surface area (Å²) in [4.78, 5) is 59.7. The second kappa shape index (κ2) is 35.0. The van der Waals surface area contributed by atoms with Gasteiger partial charge in [0, 0.05) is 89.5 Å². The lowest BCUT2D eigenvalue weighted by molar-refractivity contribution is -0.118. The Labute approximate surface area is 564 Å². The summed E-state index contributed by atoms with van der Waals surface area (Å²) in [5, 5.41) is 23.0. The third-order valence-corrected chi connectivity index (χ3v) is 17.5. The number of aromatic nitrogens is 1. The zero-order valence-electron chi connectivity index (χ0n) is 55.3. The smallest absolute Gasteiger partial charge is 0.253 e. The number of H-pyrrole nitrogens is 1. The number of aromatic amines is 1. The van der Waals surface area contributed by atoms with Crippen LogP contribution in [0, 0.1) is 49.2 Å². The van der Waals surface area contributed by atoms with Gasteiger partial charge in [-0.15, -0.1) is 0 Å². The highest BCUT2D eigenvalue weighted by Gasteiger charge is 2.61. The van der Waals surface area contributed by atoms with Crippen molar-refractivity contribution >= 4 is 52.3 Å². The van der Waals surface area contributed by atoms with E-state index in [1.165, 1.54) is 55.6 Å². The molecular weight excluding hydrogens is 1260 g/mol. The Morgan fingerprint density at radius 2 is 1.43 bits per heavy atom. The van der Waals surface area contributed by atoms with E-state index in [-0.39, 0.29) is 88.4 Å². The maximum atomic E-state index is 16.2. The van der Waals surface area contributed by atoms with Crippen LogP contribution in [0.3, 0.4) is 0 Å². The minimum Gasteiger partial charge on any atom is -0.495 e. The number of ether oxygens (including phenoxy) is 8. The molecular formula is C72H87Cl2F2N7O12. The summed E-state index contributed by atoms with van der Waals surface area (Å²) in [5.74, 6) is -3.42. The third kappa shape index (κ3) is 19.2. The van der Waals surface area contributed by atoms with Crippen LogP contribution in [0.25, 0.3) is 11.1 Å². The first-order valence-electron chi connectivity index (χ1n) is 32.1. The van der Waals surface area contributed by atoms with Crippen molar-refractivity contribution in [3.63, 3.8) is 0 Å². The highest BCUT2D eigenvalue weighted by atomic mass is 35.5. The fourth-order valence-electron chi connectivity index (χ4n) is 12.4. The van der Waals surface area contributed by atoms with Crippen LogP contribution in [0.2, 0.25) is 10.0 Å². The van der Waals surface area contributed by atoms with Gasteiger partial charge in [0.15, 0.2) is 0 Å². The molecule has 0 saturated carbocycles. The highest BCUT2D eigenvalue weighted by molar-refractivity contribution is 6.31. The van der Waals surface area contributed by atoms with Gasteiger partial charge in [-0.2, -0.15) is 5.26 Å². The Kier molecular flexibility index (Phi) is 27.0. The van der Waals surface area contributed by atoms with Crippen LogP contribution in [0.4, 0.5) is 20.2 Å². The fraction of sp³-hybridized carbons (Fsp3) is 0.458. The molecule has 2 aliphatic rings. The van der Waals surface area contributed by atoms with E-state index >= 15 is 8.78 Å². The van der Waals surface area contributed by atoms with Gasteiger partial charge in [0.2, 0.25) is 5.91 Å². The molecule has 2 fully saturated rings. The number of nitrogens with one attached hydrogen (secondary N) is 5. The van der Waals surface area contributed by atoms with Crippen LogP contribution >= 0.6 is 23.2 Å². The highest BCUT2D eigenvalue weighted by Crippen LogP contribution is 2.53. The van der Waals surface area contributed by atoms with E-state index < -0.39 is 52.3 Å². The minimum atomic E-state index is -1.82. The third-order valence-electron chi connectivity index (χ3n) is 17.0. The number of nitrogens with zero attached hydrogens (tertiary/aromatic N) is 2. The number of aryl methyl sites for hydroxylation is 2. The van der Waals surface area contributed by atoms with Crippen molar-refractivity contribution in [1.29, 1.82) is 5.26 Å². The SMILES string of the molecule is CCN(c1cc(-c2ccc(OCCOCCOCCOCCOCCOCCNC(=O)c3ccc(NC(=O)[C@@H]4N[C@@H](CC(C)(C)C)[C@](C#N)(c5ccc(Cl)cc5F)[C@H]4c4cccc(Cl)c4F)c(OC)c3)cc2)cc(C(=O)NCc2c(C)cc(C)[nH]c2=O)c1C)C1CCOCC1. The van der Waals surface area contributed by atoms with E-state index in [1.54, 1.807) is 0 Å². The van der Waals surface area contributed by atoms with E-state index in [2.05, 4.69) is 50.2 Å². The summed E-state index contributed by atoms with van der Waals surface area (Å²) in [5.41, 5.74) is 4.22. The van der Waals surface area contributed by atoms with Crippen LogP contribution in [0.5, 0.6) is 11.5 Å². The van der Waals surface area contributed by atoms with Gasteiger partial charge in [0.25, 0.3) is 17.4 Å². The maximum absolute atomic E-state index is 16.2. The van der Waals surface area contributed by atoms with Gasteiger partial charge in [0.1, 0.15) is 35.2 Å². The number of hydrogen-bond acceptors (Lipinski definition) is 15. The number of amides is 3. The number of pyridine rings is 1. The predicted molar refractivity (Wildman–Crippen MR) is 362 cm³/mol. The zero-order valence-corrected chi connectivity index (χ0v) is 56.8. The van der Waals surface area contributed by atoms with E-state index in [1.807, 2.05) is 77.9 Å². The van der Waals surface area contributed by atoms with Crippen molar-refractivity contribution in [3.05, 3.63) is 174 Å². The number of halogens is 4. The number of carbonyl (C=O) groups is 3. The Morgan fingerprint density at radius 1 is 0.779 bits per heavy atom. The molecule has 0 bridgehead atoms. The second-order valence-electron chi connectivity index (χ2n) is 24.7. The number of benzene rings is 5. The molecule has 1 aromatic heterocycles. The monoisotopic (exact) mass is 1350 g/mol. The molecule has 0 spiro atoms. The zero-order chi connectivity index (χ0) is 68.2. The van der Waals surface area contributed by atoms with Crippen LogP contribution in [-0.4, -0.2) is 147 Å². The quantitative estimate of drug-likeness (QED) is 0.0241. The molecule has 95 heavy (non-hydrogen) atoms. The number of methoxy groups -OCH3 is 1. The molecule has 8 rings (SSSR count). The molecule has 5 aromatic carbocycles. The first-order chi connectivity index (χ1) is 45.7. The number of rotatable bonds is 33. The van der Waals surface area contributed by atoms with E-state index in [0.29, 0.717) is 89.6 Å². The Balaban J connectivity index is 0.698. The van der Waals surface area contributed by atoms with Crippen molar-refractivity contribution in [2.75, 3.05) is 116 Å². The molecule has 5 N–H and O–H groups in total. The lowest BCUT2D eigenvalue weighted by Crippen LogP contribution is -2.45. The van der Waals surface area contributed by atoms with Crippen LogP contribution in [0.1, 0.15) is 107 Å². The summed E-state index contributed by atoms with van der Waals surface area (Å²) in [7, 11) is 1.38. The molecule has 19 nitrogen and oxygen atoms in total. The molecule has 510 valence electrons.